The summed E-state index contributed by atoms with van der Waals surface area (Å²) in [6.07, 6.45) is 4.74. The molecule has 0 radical (unpaired) electrons. The maximum Gasteiger partial charge on any atom is 0.329 e. The van der Waals surface area contributed by atoms with Crippen LogP contribution in [0, 0.1) is 5.41 Å². The molecule has 21 heavy (non-hydrogen) atoms. The van der Waals surface area contributed by atoms with E-state index >= 15 is 0 Å². The lowest BCUT2D eigenvalue weighted by atomic mass is 9.87. The Labute approximate surface area is 125 Å². The number of hydrogen-bond acceptors (Lipinski definition) is 3. The first-order chi connectivity index (χ1) is 9.88. The number of carboxylic acids is 1. The predicted molar refractivity (Wildman–Crippen MR) is 78.1 cm³/mol. The molecule has 2 N–H and O–H groups in total. The van der Waals surface area contributed by atoms with Crippen molar-refractivity contribution in [3.63, 3.8) is 0 Å². The SMILES string of the molecule is CC1(C)CCCC1NC(=O)N1CCC(OCC(=O)O)CC1. The maximum absolute atomic E-state index is 12.3. The van der Waals surface area contributed by atoms with Gasteiger partial charge in [0.1, 0.15) is 6.61 Å². The Kier molecular flexibility index (Phi) is 5.08. The van der Waals surface area contributed by atoms with E-state index in [1.165, 1.54) is 6.42 Å². The molecule has 1 unspecified atom stereocenters. The molecule has 2 amide bonds. The molecule has 120 valence electrons. The number of carboxylic acid groups (broad SMARTS) is 1. The summed E-state index contributed by atoms with van der Waals surface area (Å²) >= 11 is 0. The van der Waals surface area contributed by atoms with Crippen LogP contribution in [0.15, 0.2) is 0 Å². The zero-order valence-corrected chi connectivity index (χ0v) is 12.9. The van der Waals surface area contributed by atoms with Crippen LogP contribution in [0.25, 0.3) is 0 Å². The number of nitrogens with zero attached hydrogens (tertiary/aromatic N) is 1. The number of hydrogen-bond donors (Lipinski definition) is 2. The average molecular weight is 298 g/mol. The highest BCUT2D eigenvalue weighted by atomic mass is 16.5. The van der Waals surface area contributed by atoms with E-state index in [4.69, 9.17) is 9.84 Å². The maximum atomic E-state index is 12.3. The summed E-state index contributed by atoms with van der Waals surface area (Å²) < 4.78 is 5.28. The molecule has 0 aromatic rings. The Morgan fingerprint density at radius 1 is 1.29 bits per heavy atom. The highest BCUT2D eigenvalue weighted by Gasteiger charge is 2.36. The Morgan fingerprint density at radius 2 is 1.95 bits per heavy atom. The van der Waals surface area contributed by atoms with Crippen molar-refractivity contribution in [1.29, 1.82) is 0 Å². The van der Waals surface area contributed by atoms with Gasteiger partial charge in [-0.25, -0.2) is 9.59 Å². The first-order valence-electron chi connectivity index (χ1n) is 7.77. The summed E-state index contributed by atoms with van der Waals surface area (Å²) in [5, 5.41) is 11.7. The van der Waals surface area contributed by atoms with Crippen LogP contribution < -0.4 is 5.32 Å². The van der Waals surface area contributed by atoms with E-state index < -0.39 is 5.97 Å². The number of ether oxygens (including phenoxy) is 1. The molecule has 0 bridgehead atoms. The van der Waals surface area contributed by atoms with E-state index in [1.54, 1.807) is 0 Å². The predicted octanol–water partition coefficient (Wildman–Crippen LogP) is 1.84. The summed E-state index contributed by atoms with van der Waals surface area (Å²) in [7, 11) is 0. The molecular weight excluding hydrogens is 272 g/mol. The van der Waals surface area contributed by atoms with Gasteiger partial charge in [-0.05, 0) is 31.1 Å². The van der Waals surface area contributed by atoms with E-state index in [0.29, 0.717) is 25.9 Å². The summed E-state index contributed by atoms with van der Waals surface area (Å²) in [6.45, 7) is 5.41. The van der Waals surface area contributed by atoms with Crippen molar-refractivity contribution in [2.45, 2.75) is 58.1 Å². The van der Waals surface area contributed by atoms with Gasteiger partial charge in [-0.2, -0.15) is 0 Å². The van der Waals surface area contributed by atoms with Crippen LogP contribution >= 0.6 is 0 Å². The van der Waals surface area contributed by atoms with Gasteiger partial charge >= 0.3 is 12.0 Å². The van der Waals surface area contributed by atoms with Gasteiger partial charge in [0.05, 0.1) is 6.10 Å². The molecule has 1 aliphatic carbocycles. The molecule has 6 nitrogen and oxygen atoms in total. The van der Waals surface area contributed by atoms with Crippen molar-refractivity contribution in [2.24, 2.45) is 5.41 Å². The number of nitrogens with one attached hydrogen (secondary N) is 1. The molecule has 2 aliphatic rings. The Bertz CT molecular complexity index is 389. The molecule has 6 heteroatoms. The minimum Gasteiger partial charge on any atom is -0.480 e. The van der Waals surface area contributed by atoms with E-state index in [0.717, 1.165) is 12.8 Å². The van der Waals surface area contributed by atoms with Gasteiger partial charge in [-0.1, -0.05) is 20.3 Å². The topological polar surface area (TPSA) is 78.9 Å². The van der Waals surface area contributed by atoms with Crippen LogP contribution in [-0.2, 0) is 9.53 Å². The molecule has 2 fully saturated rings. The monoisotopic (exact) mass is 298 g/mol. The number of likely N-dealkylation sites (tertiary alicyclic amines) is 1. The molecule has 1 aliphatic heterocycles. The number of piperidine rings is 1. The van der Waals surface area contributed by atoms with Crippen molar-refractivity contribution in [3.05, 3.63) is 0 Å². The number of rotatable bonds is 4. The molecule has 0 aromatic heterocycles. The van der Waals surface area contributed by atoms with Gasteiger partial charge in [0.2, 0.25) is 0 Å². The summed E-state index contributed by atoms with van der Waals surface area (Å²) in [6, 6.07) is 0.262. The smallest absolute Gasteiger partial charge is 0.329 e. The van der Waals surface area contributed by atoms with Crippen LogP contribution in [0.2, 0.25) is 0 Å². The van der Waals surface area contributed by atoms with Crippen LogP contribution in [0.4, 0.5) is 4.79 Å². The number of urea groups is 1. The van der Waals surface area contributed by atoms with Gasteiger partial charge in [0.15, 0.2) is 0 Å². The first kappa shape index (κ1) is 16.1. The van der Waals surface area contributed by atoms with Gasteiger partial charge in [0, 0.05) is 19.1 Å². The quantitative estimate of drug-likeness (QED) is 0.830. The standard InChI is InChI=1S/C15H26N2O4/c1-15(2)7-3-4-12(15)16-14(20)17-8-5-11(6-9-17)21-10-13(18)19/h11-12H,3-10H2,1-2H3,(H,16,20)(H,18,19). The minimum absolute atomic E-state index is 0.00617. The molecule has 1 saturated carbocycles. The van der Waals surface area contributed by atoms with E-state index in [2.05, 4.69) is 19.2 Å². The van der Waals surface area contributed by atoms with Gasteiger partial charge in [0.25, 0.3) is 0 Å². The minimum atomic E-state index is -0.946. The van der Waals surface area contributed by atoms with Crippen LogP contribution in [-0.4, -0.2) is 53.8 Å². The second kappa shape index (κ2) is 6.64. The fraction of sp³-hybridized carbons (Fsp3) is 0.867. The van der Waals surface area contributed by atoms with Crippen LogP contribution in [0.3, 0.4) is 0 Å². The Hall–Kier alpha value is -1.30. The van der Waals surface area contributed by atoms with Crippen molar-refractivity contribution in [3.8, 4) is 0 Å². The van der Waals surface area contributed by atoms with Gasteiger partial charge in [-0.3, -0.25) is 0 Å². The third kappa shape index (κ3) is 4.33. The molecule has 2 rings (SSSR count). The molecular formula is C15H26N2O4. The largest absolute Gasteiger partial charge is 0.480 e. The van der Waals surface area contributed by atoms with Gasteiger partial charge < -0.3 is 20.1 Å². The van der Waals surface area contributed by atoms with Crippen molar-refractivity contribution in [1.82, 2.24) is 10.2 Å². The highest BCUT2D eigenvalue weighted by Crippen LogP contribution is 2.37. The molecule has 0 spiro atoms. The normalized spacial score (nSPS) is 25.8. The molecule has 0 aromatic carbocycles. The second-order valence-corrected chi connectivity index (χ2v) is 6.77. The first-order valence-corrected chi connectivity index (χ1v) is 7.77. The lowest BCUT2D eigenvalue weighted by Gasteiger charge is -2.35. The zero-order chi connectivity index (χ0) is 15.5. The average Bonchev–Trinajstić information content (AvgIpc) is 2.76. The van der Waals surface area contributed by atoms with Crippen LogP contribution in [0.5, 0.6) is 0 Å². The van der Waals surface area contributed by atoms with Crippen LogP contribution in [0.1, 0.15) is 46.0 Å². The van der Waals surface area contributed by atoms with E-state index in [1.807, 2.05) is 4.90 Å². The number of aliphatic carboxylic acids is 1. The molecule has 1 heterocycles. The fourth-order valence-electron chi connectivity index (χ4n) is 3.25. The third-order valence-corrected chi connectivity index (χ3v) is 4.73. The Balaban J connectivity index is 1.74. The van der Waals surface area contributed by atoms with E-state index in [-0.39, 0.29) is 30.2 Å². The third-order valence-electron chi connectivity index (χ3n) is 4.73. The zero-order valence-electron chi connectivity index (χ0n) is 12.9. The highest BCUT2D eigenvalue weighted by molar-refractivity contribution is 5.74. The fourth-order valence-corrected chi connectivity index (χ4v) is 3.25. The summed E-state index contributed by atoms with van der Waals surface area (Å²) in [5.74, 6) is -0.946. The number of amides is 2. The van der Waals surface area contributed by atoms with E-state index in [9.17, 15) is 9.59 Å². The number of carbonyl (C=O) groups is 2. The molecule has 1 atom stereocenters. The van der Waals surface area contributed by atoms with Crippen molar-refractivity contribution in [2.75, 3.05) is 19.7 Å². The second-order valence-electron chi connectivity index (χ2n) is 6.77. The van der Waals surface area contributed by atoms with Crippen molar-refractivity contribution >= 4 is 12.0 Å². The Morgan fingerprint density at radius 3 is 2.48 bits per heavy atom. The van der Waals surface area contributed by atoms with Crippen molar-refractivity contribution < 1.29 is 19.4 Å². The summed E-state index contributed by atoms with van der Waals surface area (Å²) in [5.41, 5.74) is 0.179. The lowest BCUT2D eigenvalue weighted by molar-refractivity contribution is -0.145. The number of carbonyl (C=O) groups excluding carboxylic acids is 1. The molecule has 1 saturated heterocycles. The summed E-state index contributed by atoms with van der Waals surface area (Å²) in [4.78, 5) is 24.6. The van der Waals surface area contributed by atoms with Gasteiger partial charge in [-0.15, -0.1) is 0 Å². The lowest BCUT2D eigenvalue weighted by Crippen LogP contribution is -2.51.